The second-order valence-corrected chi connectivity index (χ2v) is 6.12. The average Bonchev–Trinajstić information content (AvgIpc) is 3.05. The first-order chi connectivity index (χ1) is 8.33. The van der Waals surface area contributed by atoms with Gasteiger partial charge in [-0.15, -0.1) is 0 Å². The number of likely N-dealkylation sites (tertiary alicyclic amines) is 1. The molecule has 3 nitrogen and oxygen atoms in total. The minimum Gasteiger partial charge on any atom is -0.381 e. The van der Waals surface area contributed by atoms with Crippen LogP contribution in [0.2, 0.25) is 0 Å². The molecule has 98 valence electrons. The summed E-state index contributed by atoms with van der Waals surface area (Å²) >= 11 is 0. The van der Waals surface area contributed by atoms with E-state index in [2.05, 4.69) is 17.1 Å². The highest BCUT2D eigenvalue weighted by atomic mass is 16.5. The van der Waals surface area contributed by atoms with Crippen LogP contribution in [0.1, 0.15) is 39.0 Å². The van der Waals surface area contributed by atoms with Crippen molar-refractivity contribution in [3.05, 3.63) is 0 Å². The lowest BCUT2D eigenvalue weighted by Gasteiger charge is -2.35. The van der Waals surface area contributed by atoms with E-state index in [4.69, 9.17) is 4.74 Å². The molecule has 0 aromatic heterocycles. The number of ether oxygens (including phenoxy) is 1. The van der Waals surface area contributed by atoms with Gasteiger partial charge >= 0.3 is 0 Å². The largest absolute Gasteiger partial charge is 0.381 e. The van der Waals surface area contributed by atoms with Crippen molar-refractivity contribution in [1.82, 2.24) is 10.2 Å². The molecule has 3 fully saturated rings. The van der Waals surface area contributed by atoms with Gasteiger partial charge in [-0.3, -0.25) is 0 Å². The van der Waals surface area contributed by atoms with Crippen molar-refractivity contribution in [2.45, 2.75) is 57.2 Å². The Morgan fingerprint density at radius 3 is 2.47 bits per heavy atom. The highest BCUT2D eigenvalue weighted by Crippen LogP contribution is 2.29. The van der Waals surface area contributed by atoms with Crippen LogP contribution < -0.4 is 5.32 Å². The molecular weight excluding hydrogens is 212 g/mol. The van der Waals surface area contributed by atoms with Crippen LogP contribution in [0.5, 0.6) is 0 Å². The molecule has 0 spiro atoms. The second-order valence-electron chi connectivity index (χ2n) is 6.12. The summed E-state index contributed by atoms with van der Waals surface area (Å²) in [6, 6.07) is 2.34. The molecular formula is C14H26N2O. The number of nitrogens with one attached hydrogen (secondary N) is 1. The van der Waals surface area contributed by atoms with Gasteiger partial charge in [0.1, 0.15) is 0 Å². The van der Waals surface area contributed by atoms with Crippen molar-refractivity contribution in [2.24, 2.45) is 5.92 Å². The fourth-order valence-corrected chi connectivity index (χ4v) is 3.33. The summed E-state index contributed by atoms with van der Waals surface area (Å²) in [6.07, 6.45) is 6.83. The average molecular weight is 238 g/mol. The van der Waals surface area contributed by atoms with Gasteiger partial charge in [-0.05, 0) is 58.0 Å². The molecule has 1 aliphatic carbocycles. The Labute approximate surface area is 105 Å². The van der Waals surface area contributed by atoms with E-state index in [-0.39, 0.29) is 0 Å². The summed E-state index contributed by atoms with van der Waals surface area (Å²) in [6.45, 7) is 6.91. The number of nitrogens with zero attached hydrogens (tertiary/aromatic N) is 1. The summed E-state index contributed by atoms with van der Waals surface area (Å²) < 4.78 is 5.48. The van der Waals surface area contributed by atoms with Gasteiger partial charge in [-0.1, -0.05) is 0 Å². The molecule has 1 saturated carbocycles. The van der Waals surface area contributed by atoms with E-state index in [1.165, 1.54) is 45.2 Å². The van der Waals surface area contributed by atoms with Crippen molar-refractivity contribution < 1.29 is 4.74 Å². The van der Waals surface area contributed by atoms with Crippen molar-refractivity contribution >= 4 is 0 Å². The molecule has 0 aromatic carbocycles. The zero-order valence-corrected chi connectivity index (χ0v) is 11.0. The maximum atomic E-state index is 5.48. The zero-order chi connectivity index (χ0) is 11.7. The molecule has 2 unspecified atom stereocenters. The van der Waals surface area contributed by atoms with Crippen molar-refractivity contribution in [2.75, 3.05) is 26.3 Å². The molecule has 2 heterocycles. The molecule has 3 rings (SSSR count). The monoisotopic (exact) mass is 238 g/mol. The smallest absolute Gasteiger partial charge is 0.0509 e. The van der Waals surface area contributed by atoms with E-state index in [1.54, 1.807) is 0 Å². The van der Waals surface area contributed by atoms with Gasteiger partial charge in [-0.25, -0.2) is 0 Å². The van der Waals surface area contributed by atoms with E-state index >= 15 is 0 Å². The van der Waals surface area contributed by atoms with Crippen molar-refractivity contribution in [3.63, 3.8) is 0 Å². The molecule has 2 saturated heterocycles. The number of piperidine rings is 1. The Hall–Kier alpha value is -0.120. The third kappa shape index (κ3) is 3.01. The Bertz CT molecular complexity index is 241. The van der Waals surface area contributed by atoms with Crippen LogP contribution >= 0.6 is 0 Å². The molecule has 3 heteroatoms. The Kier molecular flexibility index (Phi) is 3.69. The van der Waals surface area contributed by atoms with Crippen LogP contribution in [0.3, 0.4) is 0 Å². The topological polar surface area (TPSA) is 24.5 Å². The van der Waals surface area contributed by atoms with E-state index in [0.717, 1.165) is 31.2 Å². The Morgan fingerprint density at radius 2 is 1.88 bits per heavy atom. The highest BCUT2D eigenvalue weighted by Gasteiger charge is 2.32. The Balaban J connectivity index is 1.40. The highest BCUT2D eigenvalue weighted by molar-refractivity contribution is 4.90. The first kappa shape index (κ1) is 11.9. The minimum atomic E-state index is 0.634. The summed E-state index contributed by atoms with van der Waals surface area (Å²) in [7, 11) is 0. The normalized spacial score (nSPS) is 34.1. The predicted molar refractivity (Wildman–Crippen MR) is 69.1 cm³/mol. The molecule has 1 N–H and O–H groups in total. The van der Waals surface area contributed by atoms with E-state index in [1.807, 2.05) is 0 Å². The fourth-order valence-electron chi connectivity index (χ4n) is 3.33. The van der Waals surface area contributed by atoms with Crippen LogP contribution in [0.25, 0.3) is 0 Å². The second kappa shape index (κ2) is 5.25. The fraction of sp³-hybridized carbons (Fsp3) is 1.00. The van der Waals surface area contributed by atoms with Gasteiger partial charge < -0.3 is 15.0 Å². The lowest BCUT2D eigenvalue weighted by Crippen LogP contribution is -2.48. The molecule has 17 heavy (non-hydrogen) atoms. The minimum absolute atomic E-state index is 0.634. The standard InChI is InChI=1S/C14H26N2O/c1-11(12-6-9-17-10-12)15-13-4-7-16(8-5-13)14-2-3-14/h11-15H,2-10H2,1H3. The third-order valence-corrected chi connectivity index (χ3v) is 4.76. The number of hydrogen-bond acceptors (Lipinski definition) is 3. The maximum absolute atomic E-state index is 5.48. The summed E-state index contributed by atoms with van der Waals surface area (Å²) in [5.74, 6) is 0.747. The van der Waals surface area contributed by atoms with Gasteiger partial charge in [0.25, 0.3) is 0 Å². The molecule has 2 atom stereocenters. The van der Waals surface area contributed by atoms with E-state index < -0.39 is 0 Å². The summed E-state index contributed by atoms with van der Waals surface area (Å²) in [5, 5.41) is 3.83. The van der Waals surface area contributed by atoms with Gasteiger partial charge in [0.15, 0.2) is 0 Å². The van der Waals surface area contributed by atoms with Crippen LogP contribution in [0.4, 0.5) is 0 Å². The molecule has 0 aromatic rings. The van der Waals surface area contributed by atoms with Crippen LogP contribution in [0.15, 0.2) is 0 Å². The maximum Gasteiger partial charge on any atom is 0.0509 e. The molecule has 0 radical (unpaired) electrons. The summed E-state index contributed by atoms with van der Waals surface area (Å²) in [4.78, 5) is 2.70. The van der Waals surface area contributed by atoms with Gasteiger partial charge in [-0.2, -0.15) is 0 Å². The first-order valence-electron chi connectivity index (χ1n) is 7.41. The van der Waals surface area contributed by atoms with Crippen LogP contribution in [-0.2, 0) is 4.74 Å². The summed E-state index contributed by atoms with van der Waals surface area (Å²) in [5.41, 5.74) is 0. The number of hydrogen-bond donors (Lipinski definition) is 1. The Morgan fingerprint density at radius 1 is 1.12 bits per heavy atom. The van der Waals surface area contributed by atoms with Crippen LogP contribution in [-0.4, -0.2) is 49.3 Å². The SMILES string of the molecule is CC(NC1CCN(C2CC2)CC1)C1CCOC1. The van der Waals surface area contributed by atoms with Gasteiger partial charge in [0.05, 0.1) is 6.61 Å². The van der Waals surface area contributed by atoms with Gasteiger partial charge in [0, 0.05) is 24.7 Å². The lowest BCUT2D eigenvalue weighted by atomic mass is 9.97. The van der Waals surface area contributed by atoms with Gasteiger partial charge in [0.2, 0.25) is 0 Å². The number of rotatable bonds is 4. The predicted octanol–water partition coefficient (Wildman–Crippen LogP) is 1.63. The quantitative estimate of drug-likeness (QED) is 0.805. The van der Waals surface area contributed by atoms with E-state index in [9.17, 15) is 0 Å². The van der Waals surface area contributed by atoms with Crippen molar-refractivity contribution in [3.8, 4) is 0 Å². The molecule has 0 bridgehead atoms. The first-order valence-corrected chi connectivity index (χ1v) is 7.41. The third-order valence-electron chi connectivity index (χ3n) is 4.76. The van der Waals surface area contributed by atoms with Crippen LogP contribution in [0, 0.1) is 5.92 Å². The van der Waals surface area contributed by atoms with E-state index in [0.29, 0.717) is 6.04 Å². The molecule has 0 amide bonds. The molecule has 2 aliphatic heterocycles. The van der Waals surface area contributed by atoms with Crippen molar-refractivity contribution in [1.29, 1.82) is 0 Å². The lowest BCUT2D eigenvalue weighted by molar-refractivity contribution is 0.160. The zero-order valence-electron chi connectivity index (χ0n) is 11.0. The molecule has 3 aliphatic rings.